The van der Waals surface area contributed by atoms with Gasteiger partial charge in [-0.15, -0.1) is 0 Å². The maximum Gasteiger partial charge on any atom is 0.247 e. The van der Waals surface area contributed by atoms with Crippen molar-refractivity contribution in [2.45, 2.75) is 19.0 Å². The summed E-state index contributed by atoms with van der Waals surface area (Å²) in [5, 5.41) is 9.32. The Bertz CT molecular complexity index is 650. The van der Waals surface area contributed by atoms with Gasteiger partial charge in [-0.1, -0.05) is 18.2 Å². The number of aromatic nitrogens is 1. The maximum absolute atomic E-state index is 12.0. The van der Waals surface area contributed by atoms with E-state index >= 15 is 0 Å². The van der Waals surface area contributed by atoms with Gasteiger partial charge in [-0.2, -0.15) is 0 Å². The molecule has 1 N–H and O–H groups in total. The van der Waals surface area contributed by atoms with Crippen LogP contribution in [0.3, 0.4) is 0 Å². The fourth-order valence-electron chi connectivity index (χ4n) is 2.49. The van der Waals surface area contributed by atoms with Crippen molar-refractivity contribution < 1.29 is 9.90 Å². The molecule has 0 radical (unpaired) electrons. The zero-order valence-corrected chi connectivity index (χ0v) is 11.5. The molecule has 3 rings (SSSR count). The number of carbonyl (C=O) groups is 1. The van der Waals surface area contributed by atoms with E-state index in [0.29, 0.717) is 6.54 Å². The molecule has 2 aromatic rings. The minimum absolute atomic E-state index is 0.0376. The van der Waals surface area contributed by atoms with Gasteiger partial charge in [0.2, 0.25) is 5.91 Å². The van der Waals surface area contributed by atoms with Crippen LogP contribution >= 0.6 is 0 Å². The smallest absolute Gasteiger partial charge is 0.247 e. The average molecular weight is 280 g/mol. The highest BCUT2D eigenvalue weighted by Crippen LogP contribution is 2.20. The van der Waals surface area contributed by atoms with Crippen molar-refractivity contribution in [3.05, 3.63) is 72.1 Å². The van der Waals surface area contributed by atoms with E-state index in [9.17, 15) is 9.90 Å². The van der Waals surface area contributed by atoms with Crippen LogP contribution in [0.2, 0.25) is 0 Å². The standard InChI is InChI=1S/C17H16N2O2/c20-16-4-1-13(2-5-16)11-15-3-6-17(21)19(15)12-14-7-9-18-10-8-14/h1-10,15,20H,11-12H2. The second-order valence-electron chi connectivity index (χ2n) is 5.12. The molecule has 0 spiro atoms. The van der Waals surface area contributed by atoms with Gasteiger partial charge in [0.25, 0.3) is 0 Å². The van der Waals surface area contributed by atoms with E-state index in [1.165, 1.54) is 0 Å². The van der Waals surface area contributed by atoms with Crippen molar-refractivity contribution in [3.63, 3.8) is 0 Å². The number of carbonyl (C=O) groups excluding carboxylic acids is 1. The molecule has 0 fully saturated rings. The van der Waals surface area contributed by atoms with Crippen LogP contribution in [0.5, 0.6) is 5.75 Å². The number of phenolic OH excluding ortho intramolecular Hbond substituents is 1. The van der Waals surface area contributed by atoms with Gasteiger partial charge in [-0.25, -0.2) is 0 Å². The largest absolute Gasteiger partial charge is 0.508 e. The summed E-state index contributed by atoms with van der Waals surface area (Å²) in [5.74, 6) is 0.293. The first-order chi connectivity index (χ1) is 10.2. The first-order valence-corrected chi connectivity index (χ1v) is 6.88. The molecule has 4 heteroatoms. The third-order valence-electron chi connectivity index (χ3n) is 3.63. The second-order valence-corrected chi connectivity index (χ2v) is 5.12. The molecule has 1 amide bonds. The first kappa shape index (κ1) is 13.4. The molecule has 4 nitrogen and oxygen atoms in total. The third kappa shape index (κ3) is 3.11. The molecule has 1 aliphatic heterocycles. The second kappa shape index (κ2) is 5.79. The minimum atomic E-state index is 0.0376. The average Bonchev–Trinajstić information content (AvgIpc) is 2.84. The van der Waals surface area contributed by atoms with Crippen molar-refractivity contribution >= 4 is 5.91 Å². The van der Waals surface area contributed by atoms with Crippen molar-refractivity contribution in [1.29, 1.82) is 0 Å². The number of phenols is 1. The van der Waals surface area contributed by atoms with Crippen LogP contribution in [0.1, 0.15) is 11.1 Å². The van der Waals surface area contributed by atoms with Crippen molar-refractivity contribution in [1.82, 2.24) is 9.88 Å². The lowest BCUT2D eigenvalue weighted by Crippen LogP contribution is -2.34. The number of amides is 1. The lowest BCUT2D eigenvalue weighted by molar-refractivity contribution is -0.126. The molecular formula is C17H16N2O2. The molecule has 2 heterocycles. The van der Waals surface area contributed by atoms with Crippen LogP contribution in [-0.4, -0.2) is 26.9 Å². The summed E-state index contributed by atoms with van der Waals surface area (Å²) < 4.78 is 0. The van der Waals surface area contributed by atoms with Gasteiger partial charge in [0, 0.05) is 25.0 Å². The topological polar surface area (TPSA) is 53.4 Å². The SMILES string of the molecule is O=C1C=CC(Cc2ccc(O)cc2)N1Cc1ccncc1. The Morgan fingerprint density at radius 2 is 1.76 bits per heavy atom. The molecule has 1 unspecified atom stereocenters. The van der Waals surface area contributed by atoms with Gasteiger partial charge in [0.15, 0.2) is 0 Å². The van der Waals surface area contributed by atoms with Gasteiger partial charge in [-0.3, -0.25) is 9.78 Å². The number of aromatic hydroxyl groups is 1. The first-order valence-electron chi connectivity index (χ1n) is 6.88. The Morgan fingerprint density at radius 1 is 1.05 bits per heavy atom. The van der Waals surface area contributed by atoms with Crippen molar-refractivity contribution in [3.8, 4) is 5.75 Å². The molecule has 0 saturated carbocycles. The van der Waals surface area contributed by atoms with E-state index in [1.54, 1.807) is 30.6 Å². The number of nitrogens with zero attached hydrogens (tertiary/aromatic N) is 2. The third-order valence-corrected chi connectivity index (χ3v) is 3.63. The summed E-state index contributed by atoms with van der Waals surface area (Å²) in [4.78, 5) is 17.9. The highest BCUT2D eigenvalue weighted by atomic mass is 16.3. The van der Waals surface area contributed by atoms with Crippen molar-refractivity contribution in [2.24, 2.45) is 0 Å². The Morgan fingerprint density at radius 3 is 2.48 bits per heavy atom. The van der Waals surface area contributed by atoms with Crippen LogP contribution in [0.15, 0.2) is 60.9 Å². The van der Waals surface area contributed by atoms with Gasteiger partial charge in [0.1, 0.15) is 5.75 Å². The van der Waals surface area contributed by atoms with Gasteiger partial charge in [0.05, 0.1) is 6.04 Å². The highest BCUT2D eigenvalue weighted by Gasteiger charge is 2.25. The van der Waals surface area contributed by atoms with Gasteiger partial charge >= 0.3 is 0 Å². The zero-order valence-electron chi connectivity index (χ0n) is 11.5. The Balaban J connectivity index is 1.73. The van der Waals surface area contributed by atoms with Crippen LogP contribution in [-0.2, 0) is 17.8 Å². The molecule has 1 aliphatic rings. The maximum atomic E-state index is 12.0. The highest BCUT2D eigenvalue weighted by molar-refractivity contribution is 5.90. The lowest BCUT2D eigenvalue weighted by Gasteiger charge is -2.25. The van der Waals surface area contributed by atoms with E-state index < -0.39 is 0 Å². The monoisotopic (exact) mass is 280 g/mol. The fourth-order valence-corrected chi connectivity index (χ4v) is 2.49. The molecule has 21 heavy (non-hydrogen) atoms. The van der Waals surface area contributed by atoms with Gasteiger partial charge < -0.3 is 10.0 Å². The molecule has 0 aliphatic carbocycles. The molecule has 0 bridgehead atoms. The summed E-state index contributed by atoms with van der Waals surface area (Å²) in [5.41, 5.74) is 2.16. The lowest BCUT2D eigenvalue weighted by atomic mass is 10.1. The predicted octanol–water partition coefficient (Wildman–Crippen LogP) is 2.30. The molecule has 0 saturated heterocycles. The number of benzene rings is 1. The Hall–Kier alpha value is -2.62. The summed E-state index contributed by atoms with van der Waals surface area (Å²) in [6, 6.07) is 11.0. The summed E-state index contributed by atoms with van der Waals surface area (Å²) in [6.45, 7) is 0.580. The number of hydrogen-bond donors (Lipinski definition) is 1. The van der Waals surface area contributed by atoms with Crippen LogP contribution < -0.4 is 0 Å². The molecular weight excluding hydrogens is 264 g/mol. The summed E-state index contributed by atoms with van der Waals surface area (Å²) >= 11 is 0. The van der Waals surface area contributed by atoms with E-state index in [4.69, 9.17) is 0 Å². The predicted molar refractivity (Wildman–Crippen MR) is 79.5 cm³/mol. The molecule has 106 valence electrons. The summed E-state index contributed by atoms with van der Waals surface area (Å²) in [6.07, 6.45) is 7.78. The van der Waals surface area contributed by atoms with Gasteiger partial charge in [-0.05, 0) is 41.8 Å². The van der Waals surface area contributed by atoms with E-state index in [1.807, 2.05) is 35.2 Å². The van der Waals surface area contributed by atoms with E-state index in [-0.39, 0.29) is 17.7 Å². The number of hydrogen-bond acceptors (Lipinski definition) is 3. The summed E-state index contributed by atoms with van der Waals surface area (Å²) in [7, 11) is 0. The molecule has 1 aromatic heterocycles. The minimum Gasteiger partial charge on any atom is -0.508 e. The Labute approximate surface area is 123 Å². The normalized spacial score (nSPS) is 17.4. The van der Waals surface area contributed by atoms with Crippen LogP contribution in [0.25, 0.3) is 0 Å². The quantitative estimate of drug-likeness (QED) is 0.935. The van der Waals surface area contributed by atoms with E-state index in [0.717, 1.165) is 17.5 Å². The van der Waals surface area contributed by atoms with Crippen LogP contribution in [0.4, 0.5) is 0 Å². The zero-order chi connectivity index (χ0) is 14.7. The van der Waals surface area contributed by atoms with Crippen molar-refractivity contribution in [2.75, 3.05) is 0 Å². The number of rotatable bonds is 4. The number of pyridine rings is 1. The Kier molecular flexibility index (Phi) is 3.69. The van der Waals surface area contributed by atoms with Crippen LogP contribution in [0, 0.1) is 0 Å². The van der Waals surface area contributed by atoms with E-state index in [2.05, 4.69) is 4.98 Å². The molecule has 1 aromatic carbocycles. The molecule has 1 atom stereocenters. The fraction of sp³-hybridized carbons (Fsp3) is 0.176.